The summed E-state index contributed by atoms with van der Waals surface area (Å²) in [5.41, 5.74) is 3.78. The number of amides is 1. The monoisotopic (exact) mass is 401 g/mol. The Balaban J connectivity index is 1.77. The summed E-state index contributed by atoms with van der Waals surface area (Å²) < 4.78 is 9.95. The summed E-state index contributed by atoms with van der Waals surface area (Å²) in [5, 5.41) is 0. The number of H-pyrrole nitrogens is 1. The number of nitrogens with zero attached hydrogens (tertiary/aromatic N) is 2. The summed E-state index contributed by atoms with van der Waals surface area (Å²) in [6.45, 7) is 0. The minimum absolute atomic E-state index is 0.244. The highest BCUT2D eigenvalue weighted by atomic mass is 16.5. The third-order valence-electron chi connectivity index (χ3n) is 4.75. The molecule has 1 heterocycles. The van der Waals surface area contributed by atoms with Gasteiger partial charge in [0, 0.05) is 11.3 Å². The van der Waals surface area contributed by atoms with Gasteiger partial charge in [0.2, 0.25) is 0 Å². The molecule has 0 radical (unpaired) electrons. The minimum Gasteiger partial charge on any atom is -0.497 e. The second-order valence-corrected chi connectivity index (χ2v) is 6.51. The Morgan fingerprint density at radius 1 is 0.867 bits per heavy atom. The molecule has 0 spiro atoms. The van der Waals surface area contributed by atoms with Crippen LogP contribution in [0.5, 0.6) is 5.75 Å². The molecule has 4 aromatic rings. The van der Waals surface area contributed by atoms with Crippen molar-refractivity contribution in [3.63, 3.8) is 0 Å². The number of aromatic amines is 1. The molecule has 0 saturated carbocycles. The number of hydrogen-bond donors (Lipinski definition) is 1. The van der Waals surface area contributed by atoms with Crippen molar-refractivity contribution in [2.45, 2.75) is 0 Å². The molecular weight excluding hydrogens is 382 g/mol. The molecule has 150 valence electrons. The van der Waals surface area contributed by atoms with E-state index >= 15 is 0 Å². The molecule has 7 heteroatoms. The van der Waals surface area contributed by atoms with E-state index in [-0.39, 0.29) is 5.91 Å². The van der Waals surface area contributed by atoms with Gasteiger partial charge in [0.25, 0.3) is 5.91 Å². The Morgan fingerprint density at radius 2 is 1.53 bits per heavy atom. The zero-order valence-electron chi connectivity index (χ0n) is 16.5. The van der Waals surface area contributed by atoms with Gasteiger partial charge in [-0.15, -0.1) is 0 Å². The Kier molecular flexibility index (Phi) is 5.17. The molecule has 1 N–H and O–H groups in total. The van der Waals surface area contributed by atoms with E-state index in [4.69, 9.17) is 9.47 Å². The van der Waals surface area contributed by atoms with Crippen LogP contribution in [0, 0.1) is 0 Å². The van der Waals surface area contributed by atoms with Crippen molar-refractivity contribution in [2.24, 2.45) is 0 Å². The van der Waals surface area contributed by atoms with Crippen molar-refractivity contribution in [1.82, 2.24) is 9.97 Å². The van der Waals surface area contributed by atoms with Crippen molar-refractivity contribution >= 4 is 34.3 Å². The van der Waals surface area contributed by atoms with Gasteiger partial charge < -0.3 is 14.5 Å². The number of carbonyl (C=O) groups excluding carboxylic acids is 2. The Bertz CT molecular complexity index is 1200. The number of imidazole rings is 1. The number of rotatable bonds is 5. The van der Waals surface area contributed by atoms with E-state index < -0.39 is 5.97 Å². The number of ether oxygens (including phenoxy) is 2. The van der Waals surface area contributed by atoms with E-state index in [1.54, 1.807) is 54.7 Å². The highest BCUT2D eigenvalue weighted by molar-refractivity contribution is 6.11. The average molecular weight is 401 g/mol. The van der Waals surface area contributed by atoms with E-state index in [1.807, 2.05) is 30.3 Å². The number of hydrogen-bond acceptors (Lipinski definition) is 5. The van der Waals surface area contributed by atoms with Crippen LogP contribution in [0.25, 0.3) is 11.0 Å². The van der Waals surface area contributed by atoms with E-state index in [0.717, 1.165) is 11.0 Å². The first-order valence-corrected chi connectivity index (χ1v) is 9.21. The molecule has 0 atom stereocenters. The molecule has 0 aliphatic carbocycles. The zero-order chi connectivity index (χ0) is 21.1. The van der Waals surface area contributed by atoms with Gasteiger partial charge in [0.15, 0.2) is 0 Å². The van der Waals surface area contributed by atoms with E-state index in [9.17, 15) is 9.59 Å². The summed E-state index contributed by atoms with van der Waals surface area (Å²) in [7, 11) is 2.91. The smallest absolute Gasteiger partial charge is 0.337 e. The first-order chi connectivity index (χ1) is 14.6. The third-order valence-corrected chi connectivity index (χ3v) is 4.75. The van der Waals surface area contributed by atoms with Crippen molar-refractivity contribution in [3.05, 3.63) is 84.2 Å². The number of fused-ring (bicyclic) bond motifs is 1. The van der Waals surface area contributed by atoms with Crippen LogP contribution in [0.3, 0.4) is 0 Å². The molecular formula is C23H19N3O4. The number of anilines is 2. The van der Waals surface area contributed by atoms with Gasteiger partial charge in [-0.25, -0.2) is 9.78 Å². The molecule has 0 fully saturated rings. The van der Waals surface area contributed by atoms with Crippen LogP contribution in [-0.4, -0.2) is 36.1 Å². The lowest BCUT2D eigenvalue weighted by atomic mass is 10.1. The van der Waals surface area contributed by atoms with Crippen LogP contribution in [0.1, 0.15) is 20.7 Å². The predicted octanol–water partition coefficient (Wildman–Crippen LogP) is 4.34. The van der Waals surface area contributed by atoms with Crippen LogP contribution in [0.15, 0.2) is 73.1 Å². The first kappa shape index (κ1) is 19.2. The minimum atomic E-state index is -0.454. The molecule has 1 aromatic heterocycles. The summed E-state index contributed by atoms with van der Waals surface area (Å²) in [6, 6.07) is 19.2. The van der Waals surface area contributed by atoms with Gasteiger partial charge in [-0.05, 0) is 66.7 Å². The first-order valence-electron chi connectivity index (χ1n) is 9.21. The van der Waals surface area contributed by atoms with Gasteiger partial charge in [-0.2, -0.15) is 0 Å². The van der Waals surface area contributed by atoms with Gasteiger partial charge in [-0.1, -0.05) is 0 Å². The summed E-state index contributed by atoms with van der Waals surface area (Å²) in [6.07, 6.45) is 1.61. The molecule has 1 amide bonds. The lowest BCUT2D eigenvalue weighted by molar-refractivity contribution is 0.0600. The average Bonchev–Trinajstić information content (AvgIpc) is 3.27. The van der Waals surface area contributed by atoms with Crippen LogP contribution in [0.4, 0.5) is 11.4 Å². The SMILES string of the molecule is COC(=O)c1ccc(C(=O)N(c2ccc(OC)cc2)c2ccc3[nH]cnc3c2)cc1. The van der Waals surface area contributed by atoms with Crippen LogP contribution < -0.4 is 9.64 Å². The predicted molar refractivity (Wildman–Crippen MR) is 113 cm³/mol. The molecule has 0 unspecified atom stereocenters. The highest BCUT2D eigenvalue weighted by Gasteiger charge is 2.21. The lowest BCUT2D eigenvalue weighted by Gasteiger charge is -2.23. The maximum absolute atomic E-state index is 13.5. The Hall–Kier alpha value is -4.13. The summed E-state index contributed by atoms with van der Waals surface area (Å²) in [5.74, 6) is -0.00667. The molecule has 0 aliphatic heterocycles. The molecule has 0 saturated heterocycles. The van der Waals surface area contributed by atoms with Gasteiger partial charge in [0.1, 0.15) is 5.75 Å². The molecule has 3 aromatic carbocycles. The van der Waals surface area contributed by atoms with Crippen LogP contribution in [-0.2, 0) is 4.74 Å². The fourth-order valence-corrected chi connectivity index (χ4v) is 3.17. The number of carbonyl (C=O) groups is 2. The topological polar surface area (TPSA) is 84.5 Å². The second kappa shape index (κ2) is 8.08. The molecule has 7 nitrogen and oxygen atoms in total. The quantitative estimate of drug-likeness (QED) is 0.503. The van der Waals surface area contributed by atoms with E-state index in [0.29, 0.717) is 28.3 Å². The molecule has 30 heavy (non-hydrogen) atoms. The molecule has 0 bridgehead atoms. The summed E-state index contributed by atoms with van der Waals surface area (Å²) in [4.78, 5) is 34.1. The van der Waals surface area contributed by atoms with Crippen LogP contribution >= 0.6 is 0 Å². The van der Waals surface area contributed by atoms with Crippen molar-refractivity contribution in [1.29, 1.82) is 0 Å². The maximum atomic E-state index is 13.5. The highest BCUT2D eigenvalue weighted by Crippen LogP contribution is 2.31. The number of benzene rings is 3. The van der Waals surface area contributed by atoms with Crippen molar-refractivity contribution in [2.75, 3.05) is 19.1 Å². The largest absolute Gasteiger partial charge is 0.497 e. The van der Waals surface area contributed by atoms with Crippen molar-refractivity contribution < 1.29 is 19.1 Å². The lowest BCUT2D eigenvalue weighted by Crippen LogP contribution is -2.26. The van der Waals surface area contributed by atoms with E-state index in [2.05, 4.69) is 9.97 Å². The number of aromatic nitrogens is 2. The van der Waals surface area contributed by atoms with Gasteiger partial charge in [-0.3, -0.25) is 9.69 Å². The summed E-state index contributed by atoms with van der Waals surface area (Å²) >= 11 is 0. The molecule has 4 rings (SSSR count). The number of esters is 1. The zero-order valence-corrected chi connectivity index (χ0v) is 16.5. The van der Waals surface area contributed by atoms with E-state index in [1.165, 1.54) is 7.11 Å². The molecule has 0 aliphatic rings. The Morgan fingerprint density at radius 3 is 2.20 bits per heavy atom. The van der Waals surface area contributed by atoms with Gasteiger partial charge >= 0.3 is 5.97 Å². The maximum Gasteiger partial charge on any atom is 0.337 e. The standard InChI is InChI=1S/C23H19N3O4/c1-29-19-10-7-17(8-11-19)26(18-9-12-20-21(13-18)25-14-24-20)22(27)15-3-5-16(6-4-15)23(28)30-2/h3-14H,1-2H3,(H,24,25). The number of methoxy groups -OCH3 is 2. The van der Waals surface area contributed by atoms with Crippen molar-refractivity contribution in [3.8, 4) is 5.75 Å². The Labute approximate surface area is 172 Å². The van der Waals surface area contributed by atoms with Gasteiger partial charge in [0.05, 0.1) is 42.8 Å². The normalized spacial score (nSPS) is 10.6. The second-order valence-electron chi connectivity index (χ2n) is 6.51. The number of nitrogens with one attached hydrogen (secondary N) is 1. The fraction of sp³-hybridized carbons (Fsp3) is 0.0870. The fourth-order valence-electron chi connectivity index (χ4n) is 3.17. The third kappa shape index (κ3) is 3.60. The van der Waals surface area contributed by atoms with Crippen LogP contribution in [0.2, 0.25) is 0 Å².